The van der Waals surface area contributed by atoms with E-state index in [1.54, 1.807) is 6.08 Å². The Morgan fingerprint density at radius 3 is 2.75 bits per heavy atom. The van der Waals surface area contributed by atoms with Gasteiger partial charge in [0.15, 0.2) is 0 Å². The van der Waals surface area contributed by atoms with Gasteiger partial charge in [-0.15, -0.1) is 6.58 Å². The van der Waals surface area contributed by atoms with Crippen LogP contribution in [0.15, 0.2) is 12.7 Å². The van der Waals surface area contributed by atoms with Crippen LogP contribution < -0.4 is 11.1 Å². The molecule has 0 aliphatic rings. The summed E-state index contributed by atoms with van der Waals surface area (Å²) < 4.78 is 4.84. The Morgan fingerprint density at radius 1 is 1.83 bits per heavy atom. The van der Waals surface area contributed by atoms with Crippen LogP contribution in [0.4, 0.5) is 0 Å². The van der Waals surface area contributed by atoms with Crippen molar-refractivity contribution in [3.8, 4) is 0 Å². The van der Waals surface area contributed by atoms with Gasteiger partial charge in [0.25, 0.3) is 5.91 Å². The summed E-state index contributed by atoms with van der Waals surface area (Å²) in [5.41, 5.74) is 5.29. The van der Waals surface area contributed by atoms with Gasteiger partial charge in [0, 0.05) is 19.7 Å². The fraction of sp³-hybridized carbons (Fsp3) is 0.625. The molecule has 3 N–H and O–H groups in total. The lowest BCUT2D eigenvalue weighted by molar-refractivity contribution is -0.130. The molecule has 4 heteroatoms. The van der Waals surface area contributed by atoms with Crippen molar-refractivity contribution in [3.63, 3.8) is 0 Å². The zero-order valence-electron chi connectivity index (χ0n) is 7.54. The van der Waals surface area contributed by atoms with Crippen molar-refractivity contribution in [3.05, 3.63) is 12.7 Å². The van der Waals surface area contributed by atoms with Crippen molar-refractivity contribution in [1.29, 1.82) is 0 Å². The summed E-state index contributed by atoms with van der Waals surface area (Å²) in [6.45, 7) is 5.55. The van der Waals surface area contributed by atoms with Crippen molar-refractivity contribution < 1.29 is 9.53 Å². The summed E-state index contributed by atoms with van der Waals surface area (Å²) in [4.78, 5) is 11.2. The molecule has 0 heterocycles. The number of nitrogens with one attached hydrogen (secondary N) is 1. The fourth-order valence-electron chi connectivity index (χ4n) is 0.687. The molecule has 2 unspecified atom stereocenters. The molecule has 0 aromatic rings. The van der Waals surface area contributed by atoms with E-state index in [1.165, 1.54) is 7.11 Å². The van der Waals surface area contributed by atoms with Crippen LogP contribution in [-0.2, 0) is 9.53 Å². The second-order valence-electron chi connectivity index (χ2n) is 2.49. The molecule has 0 spiro atoms. The lowest BCUT2D eigenvalue weighted by Crippen LogP contribution is -2.43. The van der Waals surface area contributed by atoms with Gasteiger partial charge in [-0.2, -0.15) is 0 Å². The van der Waals surface area contributed by atoms with E-state index in [4.69, 9.17) is 10.5 Å². The lowest BCUT2D eigenvalue weighted by Gasteiger charge is -2.15. The molecule has 0 radical (unpaired) electrons. The first kappa shape index (κ1) is 11.1. The Bertz CT molecular complexity index is 155. The van der Waals surface area contributed by atoms with Gasteiger partial charge in [-0.3, -0.25) is 4.79 Å². The molecule has 0 bridgehead atoms. The summed E-state index contributed by atoms with van der Waals surface area (Å²) in [6.07, 6.45) is 1.08. The molecule has 4 nitrogen and oxygen atoms in total. The number of hydrogen-bond acceptors (Lipinski definition) is 3. The van der Waals surface area contributed by atoms with Crippen LogP contribution in [0.2, 0.25) is 0 Å². The molecule has 0 aliphatic heterocycles. The van der Waals surface area contributed by atoms with Gasteiger partial charge in [0.2, 0.25) is 0 Å². The normalized spacial score (nSPS) is 14.9. The molecule has 0 rings (SSSR count). The first-order chi connectivity index (χ1) is 5.65. The number of nitrogens with two attached hydrogens (primary N) is 1. The van der Waals surface area contributed by atoms with Crippen LogP contribution in [0, 0.1) is 0 Å². The van der Waals surface area contributed by atoms with E-state index in [9.17, 15) is 4.79 Å². The Kier molecular flexibility index (Phi) is 5.32. The molecular weight excluding hydrogens is 156 g/mol. The molecular formula is C8H16N2O2. The Morgan fingerprint density at radius 2 is 2.42 bits per heavy atom. The van der Waals surface area contributed by atoms with Gasteiger partial charge in [-0.05, 0) is 6.92 Å². The average Bonchev–Trinajstić information content (AvgIpc) is 2.06. The van der Waals surface area contributed by atoms with E-state index in [-0.39, 0.29) is 18.5 Å². The molecule has 0 aliphatic carbocycles. The molecule has 70 valence electrons. The number of ether oxygens (including phenoxy) is 1. The first-order valence-corrected chi connectivity index (χ1v) is 3.81. The molecule has 0 saturated heterocycles. The van der Waals surface area contributed by atoms with E-state index in [0.29, 0.717) is 0 Å². The molecule has 1 amide bonds. The number of methoxy groups -OCH3 is 1. The van der Waals surface area contributed by atoms with Crippen LogP contribution in [0.25, 0.3) is 0 Å². The van der Waals surface area contributed by atoms with Gasteiger partial charge in [0.1, 0.15) is 6.10 Å². The van der Waals surface area contributed by atoms with Crippen LogP contribution in [0.1, 0.15) is 6.92 Å². The summed E-state index contributed by atoms with van der Waals surface area (Å²) in [5.74, 6) is -0.201. The Labute approximate surface area is 72.8 Å². The van der Waals surface area contributed by atoms with Crippen molar-refractivity contribution in [1.82, 2.24) is 5.32 Å². The maximum absolute atomic E-state index is 11.2. The largest absolute Gasteiger partial charge is 0.370 e. The van der Waals surface area contributed by atoms with Crippen LogP contribution in [0.5, 0.6) is 0 Å². The highest BCUT2D eigenvalue weighted by Crippen LogP contribution is 1.89. The Balaban J connectivity index is 3.92. The number of hydrogen-bond donors (Lipinski definition) is 2. The fourth-order valence-corrected chi connectivity index (χ4v) is 0.687. The number of carbonyl (C=O) groups is 1. The van der Waals surface area contributed by atoms with E-state index in [1.807, 2.05) is 6.92 Å². The van der Waals surface area contributed by atoms with Crippen molar-refractivity contribution in [2.24, 2.45) is 5.73 Å². The van der Waals surface area contributed by atoms with Gasteiger partial charge < -0.3 is 15.8 Å². The van der Waals surface area contributed by atoms with Crippen molar-refractivity contribution in [2.45, 2.75) is 19.1 Å². The third-order valence-corrected chi connectivity index (χ3v) is 1.51. The average molecular weight is 172 g/mol. The number of carbonyl (C=O) groups excluding carboxylic acids is 1. The molecule has 0 aromatic heterocycles. The zero-order chi connectivity index (χ0) is 9.56. The van der Waals surface area contributed by atoms with Gasteiger partial charge in [-0.1, -0.05) is 6.08 Å². The zero-order valence-corrected chi connectivity index (χ0v) is 7.54. The minimum atomic E-state index is -0.563. The molecule has 2 atom stereocenters. The van der Waals surface area contributed by atoms with E-state index in [0.717, 1.165) is 0 Å². The predicted octanol–water partition coefficient (Wildman–Crippen LogP) is -0.349. The molecule has 12 heavy (non-hydrogen) atoms. The van der Waals surface area contributed by atoms with Crippen LogP contribution in [0.3, 0.4) is 0 Å². The van der Waals surface area contributed by atoms with Crippen LogP contribution >= 0.6 is 0 Å². The van der Waals surface area contributed by atoms with Crippen molar-refractivity contribution >= 4 is 5.91 Å². The molecule has 0 saturated carbocycles. The van der Waals surface area contributed by atoms with Gasteiger partial charge in [0.05, 0.1) is 0 Å². The summed E-state index contributed by atoms with van der Waals surface area (Å²) >= 11 is 0. The monoisotopic (exact) mass is 172 g/mol. The van der Waals surface area contributed by atoms with E-state index >= 15 is 0 Å². The highest BCUT2D eigenvalue weighted by molar-refractivity contribution is 5.81. The SMILES string of the molecule is C=CC(C)NC(=O)C(CN)OC. The number of rotatable bonds is 5. The van der Waals surface area contributed by atoms with Gasteiger partial charge in [-0.25, -0.2) is 0 Å². The minimum Gasteiger partial charge on any atom is -0.370 e. The summed E-state index contributed by atoms with van der Waals surface area (Å²) in [5, 5.41) is 2.67. The Hall–Kier alpha value is -0.870. The third kappa shape index (κ3) is 3.50. The summed E-state index contributed by atoms with van der Waals surface area (Å²) in [7, 11) is 1.45. The number of amides is 1. The predicted molar refractivity (Wildman–Crippen MR) is 47.7 cm³/mol. The highest BCUT2D eigenvalue weighted by Gasteiger charge is 2.15. The lowest BCUT2D eigenvalue weighted by atomic mass is 10.3. The smallest absolute Gasteiger partial charge is 0.250 e. The van der Waals surface area contributed by atoms with Crippen LogP contribution in [-0.4, -0.2) is 31.7 Å². The second kappa shape index (κ2) is 5.74. The topological polar surface area (TPSA) is 64.4 Å². The van der Waals surface area contributed by atoms with E-state index < -0.39 is 6.10 Å². The second-order valence-corrected chi connectivity index (χ2v) is 2.49. The molecule has 0 fully saturated rings. The van der Waals surface area contributed by atoms with Crippen molar-refractivity contribution in [2.75, 3.05) is 13.7 Å². The quantitative estimate of drug-likeness (QED) is 0.557. The minimum absolute atomic E-state index is 0.0540. The summed E-state index contributed by atoms with van der Waals surface area (Å²) in [6, 6.07) is -0.0540. The maximum atomic E-state index is 11.2. The maximum Gasteiger partial charge on any atom is 0.250 e. The third-order valence-electron chi connectivity index (χ3n) is 1.51. The standard InChI is InChI=1S/C8H16N2O2/c1-4-6(2)10-8(11)7(5-9)12-3/h4,6-7H,1,5,9H2,2-3H3,(H,10,11). The van der Waals surface area contributed by atoms with Gasteiger partial charge >= 0.3 is 0 Å². The highest BCUT2D eigenvalue weighted by atomic mass is 16.5. The van der Waals surface area contributed by atoms with E-state index in [2.05, 4.69) is 11.9 Å². The first-order valence-electron chi connectivity index (χ1n) is 3.81. The molecule has 0 aromatic carbocycles.